The number of nitrogens with one attached hydrogen (secondary N) is 1. The van der Waals surface area contributed by atoms with Crippen LogP contribution < -0.4 is 0 Å². The van der Waals surface area contributed by atoms with E-state index in [0.29, 0.717) is 11.3 Å². The summed E-state index contributed by atoms with van der Waals surface area (Å²) in [6.07, 6.45) is 3.44. The highest BCUT2D eigenvalue weighted by atomic mass is 16.1. The summed E-state index contributed by atoms with van der Waals surface area (Å²) in [6, 6.07) is 11.3. The van der Waals surface area contributed by atoms with Gasteiger partial charge in [-0.2, -0.15) is 0 Å². The number of aromatic nitrogens is 2. The topological polar surface area (TPSA) is 45.8 Å². The van der Waals surface area contributed by atoms with E-state index in [0.717, 1.165) is 16.5 Å². The molecule has 2 heterocycles. The van der Waals surface area contributed by atoms with Gasteiger partial charge >= 0.3 is 0 Å². The summed E-state index contributed by atoms with van der Waals surface area (Å²) in [6.45, 7) is 2.00. The van der Waals surface area contributed by atoms with Crippen molar-refractivity contribution in [1.82, 2.24) is 9.97 Å². The average molecular weight is 236 g/mol. The van der Waals surface area contributed by atoms with Crippen LogP contribution in [0.1, 0.15) is 21.6 Å². The molecule has 0 fully saturated rings. The Kier molecular flexibility index (Phi) is 2.45. The van der Waals surface area contributed by atoms with E-state index in [1.165, 1.54) is 0 Å². The summed E-state index contributed by atoms with van der Waals surface area (Å²) < 4.78 is 0. The van der Waals surface area contributed by atoms with Gasteiger partial charge in [0.2, 0.25) is 5.78 Å². The molecule has 18 heavy (non-hydrogen) atoms. The predicted octanol–water partition coefficient (Wildman–Crippen LogP) is 3.10. The van der Waals surface area contributed by atoms with E-state index in [1.807, 2.05) is 43.3 Å². The minimum Gasteiger partial charge on any atom is -0.351 e. The lowest BCUT2D eigenvalue weighted by molar-refractivity contribution is 0.103. The zero-order chi connectivity index (χ0) is 12.5. The monoisotopic (exact) mass is 236 g/mol. The second-order valence-corrected chi connectivity index (χ2v) is 4.34. The quantitative estimate of drug-likeness (QED) is 0.695. The van der Waals surface area contributed by atoms with Gasteiger partial charge in [0.25, 0.3) is 0 Å². The van der Waals surface area contributed by atoms with Gasteiger partial charge < -0.3 is 4.98 Å². The van der Waals surface area contributed by atoms with E-state index < -0.39 is 0 Å². The number of rotatable bonds is 2. The van der Waals surface area contributed by atoms with Crippen LogP contribution in [0.2, 0.25) is 0 Å². The van der Waals surface area contributed by atoms with Crippen molar-refractivity contribution in [3.63, 3.8) is 0 Å². The molecule has 0 unspecified atom stereocenters. The standard InChI is InChI=1S/C15H12N2O/c1-10-2-4-11(5-3-10)15(18)13-8-12-6-7-16-9-14(12)17-13/h2-9,17H,1H3. The number of hydrogen-bond donors (Lipinski definition) is 1. The fraction of sp³-hybridized carbons (Fsp3) is 0.0667. The number of H-pyrrole nitrogens is 1. The van der Waals surface area contributed by atoms with Gasteiger partial charge in [-0.15, -0.1) is 0 Å². The molecule has 0 bridgehead atoms. The first-order valence-corrected chi connectivity index (χ1v) is 5.78. The van der Waals surface area contributed by atoms with Gasteiger partial charge in [-0.05, 0) is 19.1 Å². The Labute approximate surface area is 104 Å². The minimum absolute atomic E-state index is 0.00574. The first kappa shape index (κ1) is 10.7. The van der Waals surface area contributed by atoms with Crippen LogP contribution in [0.25, 0.3) is 10.9 Å². The van der Waals surface area contributed by atoms with Crippen molar-refractivity contribution in [2.75, 3.05) is 0 Å². The van der Waals surface area contributed by atoms with Crippen molar-refractivity contribution in [2.24, 2.45) is 0 Å². The third kappa shape index (κ3) is 1.80. The molecule has 0 atom stereocenters. The fourth-order valence-electron chi connectivity index (χ4n) is 1.95. The number of fused-ring (bicyclic) bond motifs is 1. The van der Waals surface area contributed by atoms with Crippen LogP contribution in [0.4, 0.5) is 0 Å². The van der Waals surface area contributed by atoms with Crippen molar-refractivity contribution in [1.29, 1.82) is 0 Å². The number of hydrogen-bond acceptors (Lipinski definition) is 2. The van der Waals surface area contributed by atoms with Crippen LogP contribution in [-0.2, 0) is 0 Å². The molecule has 1 N–H and O–H groups in total. The molecule has 2 aromatic heterocycles. The van der Waals surface area contributed by atoms with Gasteiger partial charge in [0.1, 0.15) is 0 Å². The maximum Gasteiger partial charge on any atom is 0.209 e. The lowest BCUT2D eigenvalue weighted by atomic mass is 10.1. The highest BCUT2D eigenvalue weighted by Gasteiger charge is 2.11. The predicted molar refractivity (Wildman–Crippen MR) is 70.7 cm³/mol. The van der Waals surface area contributed by atoms with Gasteiger partial charge in [-0.1, -0.05) is 29.8 Å². The van der Waals surface area contributed by atoms with Crippen LogP contribution in [0.15, 0.2) is 48.8 Å². The maximum absolute atomic E-state index is 12.3. The molecule has 3 heteroatoms. The summed E-state index contributed by atoms with van der Waals surface area (Å²) in [5.74, 6) is 0.00574. The van der Waals surface area contributed by atoms with Crippen molar-refractivity contribution < 1.29 is 4.79 Å². The molecule has 0 amide bonds. The van der Waals surface area contributed by atoms with Crippen LogP contribution in [0.3, 0.4) is 0 Å². The SMILES string of the molecule is Cc1ccc(C(=O)c2cc3ccncc3[nH]2)cc1. The minimum atomic E-state index is 0.00574. The summed E-state index contributed by atoms with van der Waals surface area (Å²) in [4.78, 5) is 19.4. The normalized spacial score (nSPS) is 10.7. The average Bonchev–Trinajstić information content (AvgIpc) is 2.82. The zero-order valence-electron chi connectivity index (χ0n) is 9.97. The Hall–Kier alpha value is -2.42. The summed E-state index contributed by atoms with van der Waals surface area (Å²) >= 11 is 0. The molecule has 0 saturated heterocycles. The number of aromatic amines is 1. The number of carbonyl (C=O) groups excluding carboxylic acids is 1. The molecule has 0 saturated carbocycles. The smallest absolute Gasteiger partial charge is 0.209 e. The largest absolute Gasteiger partial charge is 0.351 e. The third-order valence-electron chi connectivity index (χ3n) is 2.98. The highest BCUT2D eigenvalue weighted by molar-refractivity contribution is 6.10. The number of nitrogens with zero attached hydrogens (tertiary/aromatic N) is 1. The fourth-order valence-corrected chi connectivity index (χ4v) is 1.95. The highest BCUT2D eigenvalue weighted by Crippen LogP contribution is 2.16. The molecule has 3 aromatic rings. The Balaban J connectivity index is 2.03. The number of pyridine rings is 1. The summed E-state index contributed by atoms with van der Waals surface area (Å²) in [5.41, 5.74) is 3.32. The summed E-state index contributed by atoms with van der Waals surface area (Å²) in [7, 11) is 0. The van der Waals surface area contributed by atoms with E-state index in [1.54, 1.807) is 12.4 Å². The molecule has 0 radical (unpaired) electrons. The molecule has 3 rings (SSSR count). The van der Waals surface area contributed by atoms with Crippen molar-refractivity contribution in [2.45, 2.75) is 6.92 Å². The van der Waals surface area contributed by atoms with Gasteiger partial charge in [-0.25, -0.2) is 0 Å². The van der Waals surface area contributed by atoms with Gasteiger partial charge in [0, 0.05) is 17.1 Å². The Morgan fingerprint density at radius 1 is 1.17 bits per heavy atom. The van der Waals surface area contributed by atoms with Gasteiger partial charge in [0.05, 0.1) is 17.4 Å². The molecule has 0 aliphatic heterocycles. The van der Waals surface area contributed by atoms with E-state index in [9.17, 15) is 4.79 Å². The van der Waals surface area contributed by atoms with Gasteiger partial charge in [-0.3, -0.25) is 9.78 Å². The Bertz CT molecular complexity index is 678. The number of ketones is 1. The van der Waals surface area contributed by atoms with E-state index >= 15 is 0 Å². The number of benzene rings is 1. The molecular formula is C15H12N2O. The van der Waals surface area contributed by atoms with Crippen molar-refractivity contribution in [3.8, 4) is 0 Å². The first-order valence-electron chi connectivity index (χ1n) is 5.78. The van der Waals surface area contributed by atoms with E-state index in [4.69, 9.17) is 0 Å². The Morgan fingerprint density at radius 3 is 2.67 bits per heavy atom. The number of aryl methyl sites for hydroxylation is 1. The van der Waals surface area contributed by atoms with Gasteiger partial charge in [0.15, 0.2) is 0 Å². The maximum atomic E-state index is 12.3. The lowest BCUT2D eigenvalue weighted by Gasteiger charge is -1.98. The molecule has 3 nitrogen and oxygen atoms in total. The molecule has 0 spiro atoms. The van der Waals surface area contributed by atoms with Crippen LogP contribution >= 0.6 is 0 Å². The van der Waals surface area contributed by atoms with Crippen LogP contribution in [0, 0.1) is 6.92 Å². The van der Waals surface area contributed by atoms with Crippen LogP contribution in [0.5, 0.6) is 0 Å². The molecule has 0 aliphatic rings. The molecule has 1 aromatic carbocycles. The first-order chi connectivity index (χ1) is 8.74. The van der Waals surface area contributed by atoms with Crippen LogP contribution in [-0.4, -0.2) is 15.8 Å². The molecule has 88 valence electrons. The zero-order valence-corrected chi connectivity index (χ0v) is 9.97. The molecule has 0 aliphatic carbocycles. The van der Waals surface area contributed by atoms with E-state index in [-0.39, 0.29) is 5.78 Å². The second kappa shape index (κ2) is 4.11. The molecular weight excluding hydrogens is 224 g/mol. The van der Waals surface area contributed by atoms with Crippen molar-refractivity contribution >= 4 is 16.7 Å². The Morgan fingerprint density at radius 2 is 1.94 bits per heavy atom. The lowest BCUT2D eigenvalue weighted by Crippen LogP contribution is -2.01. The number of carbonyl (C=O) groups is 1. The summed E-state index contributed by atoms with van der Waals surface area (Å²) in [5, 5.41) is 1.00. The third-order valence-corrected chi connectivity index (χ3v) is 2.98. The van der Waals surface area contributed by atoms with E-state index in [2.05, 4.69) is 9.97 Å². The van der Waals surface area contributed by atoms with Crippen molar-refractivity contribution in [3.05, 3.63) is 65.6 Å². The second-order valence-electron chi connectivity index (χ2n) is 4.34.